The van der Waals surface area contributed by atoms with E-state index in [1.807, 2.05) is 0 Å². The Hall–Kier alpha value is -1.13. The van der Waals surface area contributed by atoms with Crippen molar-refractivity contribution in [2.45, 2.75) is 0 Å². The van der Waals surface area contributed by atoms with Gasteiger partial charge in [0.1, 0.15) is 5.16 Å². The Bertz CT molecular complexity index is 76.9. The Kier molecular flexibility index (Phi) is 1.73. The van der Waals surface area contributed by atoms with E-state index >= 15 is 0 Å². The average Bonchev–Trinajstić information content (AvgIpc) is 1.35. The predicted octanol–water partition coefficient (Wildman–Crippen LogP) is -0.319. The summed E-state index contributed by atoms with van der Waals surface area (Å²) in [7, 11) is 0. The molecule has 5 heteroatoms. The molecular weight excluding hydrogens is 88.0 g/mol. The van der Waals surface area contributed by atoms with Gasteiger partial charge in [-0.2, -0.15) is 0 Å². The molecule has 0 bridgehead atoms. The molecular formula is CH2N2O3. The van der Waals surface area contributed by atoms with Gasteiger partial charge in [0.25, 0.3) is 0 Å². The van der Waals surface area contributed by atoms with Crippen LogP contribution in [0, 0.1) is 10.1 Å². The number of nitro groups is 1. The molecule has 0 rings (SSSR count). The van der Waals surface area contributed by atoms with Crippen LogP contribution in [0.3, 0.4) is 0 Å². The van der Waals surface area contributed by atoms with Gasteiger partial charge in [-0.1, -0.05) is 0 Å². The summed E-state index contributed by atoms with van der Waals surface area (Å²) in [6, 6.07) is 0. The summed E-state index contributed by atoms with van der Waals surface area (Å²) in [6.07, 6.45) is 0.194. The third kappa shape index (κ3) is 2.87. The zero-order valence-electron chi connectivity index (χ0n) is 2.74. The van der Waals surface area contributed by atoms with Crippen LogP contribution in [0.5, 0.6) is 0 Å². The van der Waals surface area contributed by atoms with Crippen LogP contribution in [0.1, 0.15) is 0 Å². The Balaban J connectivity index is 3.30. The van der Waals surface area contributed by atoms with Crippen molar-refractivity contribution in [3.63, 3.8) is 0 Å². The second kappa shape index (κ2) is 2.13. The van der Waals surface area contributed by atoms with E-state index in [9.17, 15) is 0 Å². The van der Waals surface area contributed by atoms with Gasteiger partial charge in [0.05, 0.1) is 0 Å². The average molecular weight is 90.0 g/mol. The summed E-state index contributed by atoms with van der Waals surface area (Å²) in [5.74, 6) is 0. The van der Waals surface area contributed by atoms with Gasteiger partial charge in [-0.15, -0.1) is 0 Å². The Morgan fingerprint density at radius 1 is 2.00 bits per heavy atom. The molecule has 5 nitrogen and oxygen atoms in total. The smallest absolute Gasteiger partial charge is 0.358 e. The van der Waals surface area contributed by atoms with Gasteiger partial charge in [-0.05, 0) is 4.92 Å². The highest BCUT2D eigenvalue weighted by Gasteiger charge is 1.76. The van der Waals surface area contributed by atoms with Crippen molar-refractivity contribution in [1.29, 1.82) is 0 Å². The lowest BCUT2D eigenvalue weighted by Gasteiger charge is -1.72. The largest absolute Gasteiger partial charge is 0.373 e. The van der Waals surface area contributed by atoms with Crippen LogP contribution in [-0.2, 0) is 0 Å². The zero-order valence-corrected chi connectivity index (χ0v) is 2.74. The van der Waals surface area contributed by atoms with Crippen LogP contribution >= 0.6 is 0 Å². The Morgan fingerprint density at radius 3 is 2.50 bits per heavy atom. The second-order valence-corrected chi connectivity index (χ2v) is 0.516. The van der Waals surface area contributed by atoms with Gasteiger partial charge >= 0.3 is 6.34 Å². The number of rotatable bonds is 1. The fraction of sp³-hybridized carbons (Fsp3) is 0. The standard InChI is InChI=1S/CH2N2O3/c4-2-1-3(5)6/h1,4H/b2-1+. The summed E-state index contributed by atoms with van der Waals surface area (Å²) >= 11 is 0. The fourth-order valence-electron chi connectivity index (χ4n) is 0.0422. The molecule has 0 atom stereocenters. The van der Waals surface area contributed by atoms with Gasteiger partial charge < -0.3 is 15.3 Å². The molecule has 0 unspecified atom stereocenters. The summed E-state index contributed by atoms with van der Waals surface area (Å²) in [4.78, 5) is 8.23. The molecule has 0 aromatic heterocycles. The number of hydrogen-bond donors (Lipinski definition) is 1. The van der Waals surface area contributed by atoms with Gasteiger partial charge in [-0.3, -0.25) is 0 Å². The Labute approximate surface area is 33.0 Å². The van der Waals surface area contributed by atoms with E-state index in [1.165, 1.54) is 0 Å². The fourth-order valence-corrected chi connectivity index (χ4v) is 0.0422. The molecule has 0 aliphatic carbocycles. The van der Waals surface area contributed by atoms with Crippen LogP contribution in [0.4, 0.5) is 0 Å². The maximum Gasteiger partial charge on any atom is 0.373 e. The molecule has 0 heterocycles. The van der Waals surface area contributed by atoms with Gasteiger partial charge in [0, 0.05) is 0 Å². The number of nitrogens with zero attached hydrogens (tertiary/aromatic N) is 2. The zero-order chi connectivity index (χ0) is 4.99. The van der Waals surface area contributed by atoms with E-state index < -0.39 is 4.92 Å². The normalized spacial score (nSPS) is 9.33. The molecule has 0 aliphatic rings. The maximum atomic E-state index is 9.10. The molecule has 0 aliphatic heterocycles. The molecule has 0 aromatic carbocycles. The third-order valence-corrected chi connectivity index (χ3v) is 0.146. The molecule has 6 heavy (non-hydrogen) atoms. The molecule has 0 radical (unpaired) electrons. The van der Waals surface area contributed by atoms with Crippen LogP contribution in [0.15, 0.2) is 5.16 Å². The summed E-state index contributed by atoms with van der Waals surface area (Å²) in [6.45, 7) is 0. The lowest BCUT2D eigenvalue weighted by molar-refractivity contribution is -0.340. The van der Waals surface area contributed by atoms with Crippen molar-refractivity contribution in [2.24, 2.45) is 5.16 Å². The van der Waals surface area contributed by atoms with Crippen molar-refractivity contribution in [2.75, 3.05) is 0 Å². The topological polar surface area (TPSA) is 75.7 Å². The number of oxime groups is 1. The van der Waals surface area contributed by atoms with Gasteiger partial charge in [-0.25, -0.2) is 0 Å². The minimum absolute atomic E-state index is 0.194. The monoisotopic (exact) mass is 90.0 g/mol. The highest BCUT2D eigenvalue weighted by Crippen LogP contribution is 1.53. The van der Waals surface area contributed by atoms with E-state index in [0.717, 1.165) is 0 Å². The minimum atomic E-state index is -0.861. The molecule has 0 aromatic rings. The molecule has 0 spiro atoms. The number of hydrogen-bond acceptors (Lipinski definition) is 4. The molecule has 0 saturated heterocycles. The first-order valence-electron chi connectivity index (χ1n) is 1.08. The van der Waals surface area contributed by atoms with Gasteiger partial charge in [0.15, 0.2) is 0 Å². The summed E-state index contributed by atoms with van der Waals surface area (Å²) in [5.41, 5.74) is 0. The van der Waals surface area contributed by atoms with Crippen molar-refractivity contribution >= 4 is 6.34 Å². The van der Waals surface area contributed by atoms with Gasteiger partial charge in [0.2, 0.25) is 0 Å². The van der Waals surface area contributed by atoms with E-state index in [0.29, 0.717) is 0 Å². The van der Waals surface area contributed by atoms with Crippen molar-refractivity contribution in [3.05, 3.63) is 10.1 Å². The quantitative estimate of drug-likeness (QED) is 0.157. The molecule has 0 saturated carbocycles. The highest BCUT2D eigenvalue weighted by atomic mass is 16.6. The first-order chi connectivity index (χ1) is 2.77. The van der Waals surface area contributed by atoms with E-state index in [2.05, 4.69) is 5.16 Å². The first-order valence-corrected chi connectivity index (χ1v) is 1.08. The SMILES string of the molecule is O=[N+]([O-])/C=N/O. The van der Waals surface area contributed by atoms with Crippen molar-refractivity contribution in [3.8, 4) is 0 Å². The molecule has 34 valence electrons. The van der Waals surface area contributed by atoms with Crippen molar-refractivity contribution < 1.29 is 10.1 Å². The van der Waals surface area contributed by atoms with Crippen LogP contribution in [0.25, 0.3) is 0 Å². The highest BCUT2D eigenvalue weighted by molar-refractivity contribution is 5.41. The lowest BCUT2D eigenvalue weighted by atomic mass is 11.4. The Morgan fingerprint density at radius 2 is 2.50 bits per heavy atom. The van der Waals surface area contributed by atoms with Crippen LogP contribution < -0.4 is 0 Å². The van der Waals surface area contributed by atoms with Crippen LogP contribution in [0.2, 0.25) is 0 Å². The minimum Gasteiger partial charge on any atom is -0.358 e. The second-order valence-electron chi connectivity index (χ2n) is 0.516. The summed E-state index contributed by atoms with van der Waals surface area (Å²) < 4.78 is 0. The molecule has 0 fully saturated rings. The first kappa shape index (κ1) is 4.87. The predicted molar refractivity (Wildman–Crippen MR) is 17.3 cm³/mol. The maximum absolute atomic E-state index is 9.10. The molecule has 1 N–H and O–H groups in total. The van der Waals surface area contributed by atoms with Crippen LogP contribution in [-0.4, -0.2) is 16.5 Å². The van der Waals surface area contributed by atoms with E-state index in [-0.39, 0.29) is 6.34 Å². The van der Waals surface area contributed by atoms with Crippen molar-refractivity contribution in [1.82, 2.24) is 0 Å². The van der Waals surface area contributed by atoms with E-state index in [4.69, 9.17) is 15.3 Å². The summed E-state index contributed by atoms with van der Waals surface area (Å²) in [5, 5.41) is 18.6. The van der Waals surface area contributed by atoms with E-state index in [1.54, 1.807) is 0 Å². The third-order valence-electron chi connectivity index (χ3n) is 0.146. The molecule has 0 amide bonds. The lowest BCUT2D eigenvalue weighted by Crippen LogP contribution is -1.90.